The van der Waals surface area contributed by atoms with Gasteiger partial charge in [0, 0.05) is 23.5 Å². The van der Waals surface area contributed by atoms with Gasteiger partial charge in [-0.25, -0.2) is 9.37 Å². The fourth-order valence-electron chi connectivity index (χ4n) is 2.30. The molecule has 0 radical (unpaired) electrons. The van der Waals surface area contributed by atoms with Gasteiger partial charge in [-0.05, 0) is 29.3 Å². The predicted octanol–water partition coefficient (Wildman–Crippen LogP) is 4.51. The highest BCUT2D eigenvalue weighted by Gasteiger charge is 2.10. The molecule has 0 unspecified atom stereocenters. The van der Waals surface area contributed by atoms with Crippen LogP contribution in [-0.4, -0.2) is 14.7 Å². The smallest absolute Gasteiger partial charge is 0.168 e. The Morgan fingerprint density at radius 3 is 2.58 bits per heavy atom. The first-order valence-corrected chi connectivity index (χ1v) is 8.79. The number of imidazole rings is 1. The average Bonchev–Trinajstić information content (AvgIpc) is 2.98. The van der Waals surface area contributed by atoms with Crippen molar-refractivity contribution in [1.82, 2.24) is 9.55 Å². The van der Waals surface area contributed by atoms with Crippen molar-refractivity contribution >= 4 is 23.4 Å². The standard InChI is InChI=1S/C18H16ClFN2OS/c19-15-7-5-13(6-8-15)9-22-10-16(11-23)21-18(22)24-12-14-3-1-2-4-17(14)20/h1-8,10,23H,9,11-12H2. The molecule has 0 bridgehead atoms. The molecule has 2 aromatic carbocycles. The fourth-order valence-corrected chi connectivity index (χ4v) is 3.41. The molecule has 3 rings (SSSR count). The molecular weight excluding hydrogens is 347 g/mol. The van der Waals surface area contributed by atoms with E-state index in [1.807, 2.05) is 41.1 Å². The van der Waals surface area contributed by atoms with Crippen LogP contribution >= 0.6 is 23.4 Å². The van der Waals surface area contributed by atoms with Crippen LogP contribution in [0, 0.1) is 5.82 Å². The van der Waals surface area contributed by atoms with Crippen molar-refractivity contribution in [3.8, 4) is 0 Å². The van der Waals surface area contributed by atoms with Crippen LogP contribution in [0.4, 0.5) is 4.39 Å². The number of aliphatic hydroxyl groups excluding tert-OH is 1. The van der Waals surface area contributed by atoms with E-state index >= 15 is 0 Å². The summed E-state index contributed by atoms with van der Waals surface area (Å²) in [4.78, 5) is 4.41. The van der Waals surface area contributed by atoms with E-state index < -0.39 is 0 Å². The number of aromatic nitrogens is 2. The van der Waals surface area contributed by atoms with Crippen LogP contribution in [0.25, 0.3) is 0 Å². The lowest BCUT2D eigenvalue weighted by atomic mass is 10.2. The lowest BCUT2D eigenvalue weighted by molar-refractivity contribution is 0.277. The van der Waals surface area contributed by atoms with E-state index in [1.54, 1.807) is 12.1 Å². The van der Waals surface area contributed by atoms with Crippen LogP contribution in [0.1, 0.15) is 16.8 Å². The molecule has 124 valence electrons. The van der Waals surface area contributed by atoms with Gasteiger partial charge < -0.3 is 9.67 Å². The summed E-state index contributed by atoms with van der Waals surface area (Å²) >= 11 is 7.36. The maximum Gasteiger partial charge on any atom is 0.168 e. The number of aliphatic hydroxyl groups is 1. The van der Waals surface area contributed by atoms with Crippen molar-refractivity contribution in [3.63, 3.8) is 0 Å². The van der Waals surface area contributed by atoms with Gasteiger partial charge >= 0.3 is 0 Å². The third-order valence-electron chi connectivity index (χ3n) is 3.53. The average molecular weight is 363 g/mol. The molecule has 0 aliphatic heterocycles. The second-order valence-corrected chi connectivity index (χ2v) is 6.69. The molecule has 0 saturated carbocycles. The largest absolute Gasteiger partial charge is 0.390 e. The van der Waals surface area contributed by atoms with Gasteiger partial charge in [-0.15, -0.1) is 0 Å². The summed E-state index contributed by atoms with van der Waals surface area (Å²) in [5.41, 5.74) is 2.31. The first kappa shape index (κ1) is 17.0. The van der Waals surface area contributed by atoms with Crippen molar-refractivity contribution in [2.45, 2.75) is 24.1 Å². The van der Waals surface area contributed by atoms with Gasteiger partial charge in [0.1, 0.15) is 5.82 Å². The topological polar surface area (TPSA) is 38.0 Å². The molecule has 6 heteroatoms. The van der Waals surface area contributed by atoms with Crippen molar-refractivity contribution in [2.75, 3.05) is 0 Å². The molecule has 3 aromatic rings. The van der Waals surface area contributed by atoms with Gasteiger partial charge in [-0.3, -0.25) is 0 Å². The number of thioether (sulfide) groups is 1. The highest BCUT2D eigenvalue weighted by Crippen LogP contribution is 2.25. The molecule has 1 aromatic heterocycles. The van der Waals surface area contributed by atoms with E-state index in [9.17, 15) is 9.50 Å². The summed E-state index contributed by atoms with van der Waals surface area (Å²) in [5.74, 6) is 0.262. The van der Waals surface area contributed by atoms with Crippen LogP contribution in [0.15, 0.2) is 59.9 Å². The van der Waals surface area contributed by atoms with E-state index in [2.05, 4.69) is 4.98 Å². The first-order chi connectivity index (χ1) is 11.7. The third-order valence-corrected chi connectivity index (χ3v) is 4.82. The molecule has 1 N–H and O–H groups in total. The SMILES string of the molecule is OCc1cn(Cc2ccc(Cl)cc2)c(SCc2ccccc2F)n1. The van der Waals surface area contributed by atoms with E-state index in [-0.39, 0.29) is 12.4 Å². The summed E-state index contributed by atoms with van der Waals surface area (Å²) in [5, 5.41) is 10.8. The predicted molar refractivity (Wildman–Crippen MR) is 94.7 cm³/mol. The highest BCUT2D eigenvalue weighted by molar-refractivity contribution is 7.98. The molecule has 0 aliphatic rings. The maximum absolute atomic E-state index is 13.8. The first-order valence-electron chi connectivity index (χ1n) is 7.43. The Labute approximate surface area is 149 Å². The number of benzene rings is 2. The van der Waals surface area contributed by atoms with E-state index in [1.165, 1.54) is 17.8 Å². The number of hydrogen-bond donors (Lipinski definition) is 1. The molecule has 0 saturated heterocycles. The van der Waals surface area contributed by atoms with Crippen LogP contribution in [0.3, 0.4) is 0 Å². The summed E-state index contributed by atoms with van der Waals surface area (Å²) in [7, 11) is 0. The van der Waals surface area contributed by atoms with Crippen molar-refractivity contribution in [1.29, 1.82) is 0 Å². The Hall–Kier alpha value is -1.82. The van der Waals surface area contributed by atoms with E-state index in [0.717, 1.165) is 10.7 Å². The Kier molecular flexibility index (Phi) is 5.56. The molecule has 0 atom stereocenters. The third kappa shape index (κ3) is 4.17. The van der Waals surface area contributed by atoms with Crippen molar-refractivity contribution in [2.24, 2.45) is 0 Å². The minimum atomic E-state index is -0.219. The van der Waals surface area contributed by atoms with Gasteiger partial charge in [0.25, 0.3) is 0 Å². The van der Waals surface area contributed by atoms with Crippen LogP contribution < -0.4 is 0 Å². The van der Waals surface area contributed by atoms with Gasteiger partial charge in [-0.1, -0.05) is 53.7 Å². The summed E-state index contributed by atoms with van der Waals surface area (Å²) in [6, 6.07) is 14.3. The van der Waals surface area contributed by atoms with Gasteiger partial charge in [0.15, 0.2) is 5.16 Å². The Morgan fingerprint density at radius 2 is 1.88 bits per heavy atom. The lowest BCUT2D eigenvalue weighted by Crippen LogP contribution is -2.00. The second-order valence-electron chi connectivity index (χ2n) is 5.31. The Bertz CT molecular complexity index is 820. The van der Waals surface area contributed by atoms with E-state index in [0.29, 0.717) is 28.6 Å². The van der Waals surface area contributed by atoms with Crippen LogP contribution in [0.2, 0.25) is 5.02 Å². The minimum absolute atomic E-state index is 0.124. The zero-order valence-corrected chi connectivity index (χ0v) is 14.4. The van der Waals surface area contributed by atoms with Crippen molar-refractivity contribution in [3.05, 3.63) is 82.4 Å². The molecule has 0 amide bonds. The van der Waals surface area contributed by atoms with Crippen LogP contribution in [-0.2, 0) is 18.9 Å². The lowest BCUT2D eigenvalue weighted by Gasteiger charge is -2.08. The number of nitrogens with zero attached hydrogens (tertiary/aromatic N) is 2. The van der Waals surface area contributed by atoms with E-state index in [4.69, 9.17) is 11.6 Å². The molecule has 0 spiro atoms. The number of hydrogen-bond acceptors (Lipinski definition) is 3. The molecule has 3 nitrogen and oxygen atoms in total. The molecular formula is C18H16ClFN2OS. The summed E-state index contributed by atoms with van der Waals surface area (Å²) in [6.45, 7) is 0.491. The zero-order valence-electron chi connectivity index (χ0n) is 12.8. The van der Waals surface area contributed by atoms with Gasteiger partial charge in [0.05, 0.1) is 12.3 Å². The maximum atomic E-state index is 13.8. The molecule has 24 heavy (non-hydrogen) atoms. The monoisotopic (exact) mass is 362 g/mol. The quantitative estimate of drug-likeness (QED) is 0.656. The highest BCUT2D eigenvalue weighted by atomic mass is 35.5. The fraction of sp³-hybridized carbons (Fsp3) is 0.167. The zero-order chi connectivity index (χ0) is 16.9. The Balaban J connectivity index is 1.78. The summed E-state index contributed by atoms with van der Waals surface area (Å²) in [6.07, 6.45) is 1.82. The second kappa shape index (κ2) is 7.83. The minimum Gasteiger partial charge on any atom is -0.390 e. The molecule has 0 fully saturated rings. The Morgan fingerprint density at radius 1 is 1.12 bits per heavy atom. The van der Waals surface area contributed by atoms with Gasteiger partial charge in [-0.2, -0.15) is 0 Å². The van der Waals surface area contributed by atoms with Gasteiger partial charge in [0.2, 0.25) is 0 Å². The molecule has 0 aliphatic carbocycles. The normalized spacial score (nSPS) is 11.0. The van der Waals surface area contributed by atoms with Crippen molar-refractivity contribution < 1.29 is 9.50 Å². The van der Waals surface area contributed by atoms with Crippen LogP contribution in [0.5, 0.6) is 0 Å². The number of rotatable bonds is 6. The molecule has 1 heterocycles. The number of halogens is 2. The summed E-state index contributed by atoms with van der Waals surface area (Å²) < 4.78 is 15.7.